The van der Waals surface area contributed by atoms with Crippen LogP contribution >= 0.6 is 0 Å². The number of rotatable bonds is 0. The molecule has 1 N–H and O–H groups in total. The van der Waals surface area contributed by atoms with Crippen LogP contribution in [0.3, 0.4) is 0 Å². The van der Waals surface area contributed by atoms with Gasteiger partial charge in [-0.15, -0.1) is 0 Å². The molecule has 0 radical (unpaired) electrons. The van der Waals surface area contributed by atoms with Gasteiger partial charge in [0.25, 0.3) is 0 Å². The van der Waals surface area contributed by atoms with E-state index in [2.05, 4.69) is 13.0 Å². The Bertz CT molecular complexity index is 556. The Balaban J connectivity index is 1.75. The van der Waals surface area contributed by atoms with Crippen molar-refractivity contribution in [3.63, 3.8) is 0 Å². The van der Waals surface area contributed by atoms with Gasteiger partial charge in [0.15, 0.2) is 0 Å². The van der Waals surface area contributed by atoms with Crippen LogP contribution in [0.5, 0.6) is 0 Å². The van der Waals surface area contributed by atoms with E-state index in [1.807, 2.05) is 6.92 Å². The summed E-state index contributed by atoms with van der Waals surface area (Å²) in [4.78, 5) is 12.3. The van der Waals surface area contributed by atoms with Crippen molar-refractivity contribution < 1.29 is 14.3 Å². The first-order valence-corrected chi connectivity index (χ1v) is 8.91. The van der Waals surface area contributed by atoms with Gasteiger partial charge < -0.3 is 5.11 Å². The molecule has 6 atom stereocenters. The van der Waals surface area contributed by atoms with Gasteiger partial charge in [0, 0.05) is 12.3 Å². The van der Waals surface area contributed by atoms with E-state index in [-0.39, 0.29) is 23.2 Å². The van der Waals surface area contributed by atoms with E-state index in [1.165, 1.54) is 5.57 Å². The Labute approximate surface area is 132 Å². The Kier molecular flexibility index (Phi) is 3.00. The summed E-state index contributed by atoms with van der Waals surface area (Å²) in [5.41, 5.74) is -0.671. The molecule has 4 rings (SSSR count). The van der Waals surface area contributed by atoms with Gasteiger partial charge in [-0.1, -0.05) is 18.6 Å². The van der Waals surface area contributed by atoms with Crippen LogP contribution in [0.2, 0.25) is 0 Å². The normalized spacial score (nSPS) is 54.3. The summed E-state index contributed by atoms with van der Waals surface area (Å²) in [6.45, 7) is 4.16. The smallest absolute Gasteiger partial charge is 0.142 e. The molecule has 0 unspecified atom stereocenters. The average molecular weight is 306 g/mol. The summed E-state index contributed by atoms with van der Waals surface area (Å²) in [5.74, 6) is 0.470. The second-order valence-electron chi connectivity index (χ2n) is 8.65. The number of ketones is 1. The summed E-state index contributed by atoms with van der Waals surface area (Å²) < 4.78 is 16.0. The lowest BCUT2D eigenvalue weighted by molar-refractivity contribution is -0.149. The van der Waals surface area contributed by atoms with E-state index >= 15 is 4.39 Å². The lowest BCUT2D eigenvalue weighted by Crippen LogP contribution is -2.58. The standard InChI is InChI=1S/C19H27FO2/c1-17-8-5-13(21)11-12(17)3-4-15-14(17)6-9-18(2)16(22)7-10-19(15,18)20/h3,13-15,21H,4-11H2,1-2H3/t13-,14-,15+,17-,18+,19-/m0/s1. The van der Waals surface area contributed by atoms with Crippen LogP contribution in [0.25, 0.3) is 0 Å². The molecule has 0 aromatic rings. The maximum atomic E-state index is 16.0. The van der Waals surface area contributed by atoms with Crippen molar-refractivity contribution in [1.29, 1.82) is 0 Å². The summed E-state index contributed by atoms with van der Waals surface area (Å²) in [6, 6.07) is 0. The molecule has 0 amide bonds. The highest BCUT2D eigenvalue weighted by Crippen LogP contribution is 2.66. The molecule has 3 fully saturated rings. The van der Waals surface area contributed by atoms with E-state index < -0.39 is 11.1 Å². The number of carbonyl (C=O) groups excluding carboxylic acids is 1. The molecule has 0 heterocycles. The van der Waals surface area contributed by atoms with Crippen LogP contribution in [-0.4, -0.2) is 22.7 Å². The Morgan fingerprint density at radius 3 is 2.73 bits per heavy atom. The predicted molar refractivity (Wildman–Crippen MR) is 83.1 cm³/mol. The summed E-state index contributed by atoms with van der Waals surface area (Å²) in [6.07, 6.45) is 7.78. The quantitative estimate of drug-likeness (QED) is 0.688. The van der Waals surface area contributed by atoms with Gasteiger partial charge in [0.05, 0.1) is 11.5 Å². The highest BCUT2D eigenvalue weighted by atomic mass is 19.1. The van der Waals surface area contributed by atoms with Crippen molar-refractivity contribution in [2.45, 2.75) is 77.0 Å². The number of carbonyl (C=O) groups is 1. The first kappa shape index (κ1) is 14.9. The van der Waals surface area contributed by atoms with Crippen molar-refractivity contribution in [1.82, 2.24) is 0 Å². The molecule has 22 heavy (non-hydrogen) atoms. The summed E-state index contributed by atoms with van der Waals surface area (Å²) >= 11 is 0. The number of hydrogen-bond donors (Lipinski definition) is 1. The van der Waals surface area contributed by atoms with Gasteiger partial charge in [0.1, 0.15) is 11.5 Å². The van der Waals surface area contributed by atoms with Crippen molar-refractivity contribution in [3.8, 4) is 0 Å². The van der Waals surface area contributed by atoms with Crippen molar-refractivity contribution in [2.24, 2.45) is 22.7 Å². The topological polar surface area (TPSA) is 37.3 Å². The van der Waals surface area contributed by atoms with Crippen LogP contribution in [0.4, 0.5) is 4.39 Å². The third-order valence-electron chi connectivity index (χ3n) is 7.90. The minimum atomic E-state index is -1.31. The maximum absolute atomic E-state index is 16.0. The second kappa shape index (κ2) is 4.43. The molecular formula is C19H27FO2. The molecule has 4 aliphatic carbocycles. The average Bonchev–Trinajstić information content (AvgIpc) is 2.72. The van der Waals surface area contributed by atoms with E-state index in [0.29, 0.717) is 25.2 Å². The predicted octanol–water partition coefficient (Wildman–Crippen LogP) is 3.97. The minimum absolute atomic E-state index is 0.0123. The highest BCUT2D eigenvalue weighted by molar-refractivity contribution is 5.88. The Hall–Kier alpha value is -0.700. The monoisotopic (exact) mass is 306 g/mol. The molecule has 122 valence electrons. The first-order chi connectivity index (χ1) is 10.3. The molecule has 0 bridgehead atoms. The molecular weight excluding hydrogens is 279 g/mol. The van der Waals surface area contributed by atoms with Crippen molar-refractivity contribution >= 4 is 5.78 Å². The molecule has 3 heteroatoms. The zero-order valence-electron chi connectivity index (χ0n) is 13.7. The third-order valence-corrected chi connectivity index (χ3v) is 7.90. The van der Waals surface area contributed by atoms with Gasteiger partial charge in [0.2, 0.25) is 0 Å². The minimum Gasteiger partial charge on any atom is -0.393 e. The first-order valence-electron chi connectivity index (χ1n) is 8.91. The number of alkyl halides is 1. The number of halogens is 1. The van der Waals surface area contributed by atoms with Crippen molar-refractivity contribution in [3.05, 3.63) is 11.6 Å². The fourth-order valence-corrected chi connectivity index (χ4v) is 6.32. The lowest BCUT2D eigenvalue weighted by atomic mass is 9.47. The van der Waals surface area contributed by atoms with Crippen LogP contribution in [0.15, 0.2) is 11.6 Å². The van der Waals surface area contributed by atoms with Crippen LogP contribution in [0.1, 0.15) is 65.2 Å². The Morgan fingerprint density at radius 1 is 1.18 bits per heavy atom. The van der Waals surface area contributed by atoms with E-state index in [1.54, 1.807) is 0 Å². The zero-order chi connectivity index (χ0) is 15.8. The van der Waals surface area contributed by atoms with Gasteiger partial charge in [-0.3, -0.25) is 4.79 Å². The van der Waals surface area contributed by atoms with Crippen molar-refractivity contribution in [2.75, 3.05) is 0 Å². The molecule has 0 aromatic heterocycles. The maximum Gasteiger partial charge on any atom is 0.142 e. The summed E-state index contributed by atoms with van der Waals surface area (Å²) in [5, 5.41) is 9.98. The van der Waals surface area contributed by atoms with Crippen LogP contribution < -0.4 is 0 Å². The molecule has 2 nitrogen and oxygen atoms in total. The van der Waals surface area contributed by atoms with Gasteiger partial charge in [-0.2, -0.15) is 0 Å². The fourth-order valence-electron chi connectivity index (χ4n) is 6.32. The largest absolute Gasteiger partial charge is 0.393 e. The summed E-state index contributed by atoms with van der Waals surface area (Å²) in [7, 11) is 0. The zero-order valence-corrected chi connectivity index (χ0v) is 13.7. The highest BCUT2D eigenvalue weighted by Gasteiger charge is 2.67. The third kappa shape index (κ3) is 1.61. The van der Waals surface area contributed by atoms with E-state index in [9.17, 15) is 9.90 Å². The number of Topliss-reactive ketones (excluding diaryl/α,β-unsaturated/α-hetero) is 1. The number of allylic oxidation sites excluding steroid dienone is 1. The van der Waals surface area contributed by atoms with Crippen LogP contribution in [0, 0.1) is 22.7 Å². The number of fused-ring (bicyclic) bond motifs is 5. The SMILES string of the molecule is C[C@]12CC[C@H](O)CC1=CC[C@@H]1[C@@H]2CC[C@]2(C)C(=O)CC[C@]12F. The molecule has 4 aliphatic rings. The molecule has 0 aliphatic heterocycles. The van der Waals surface area contributed by atoms with Gasteiger partial charge in [-0.25, -0.2) is 4.39 Å². The van der Waals surface area contributed by atoms with Gasteiger partial charge >= 0.3 is 0 Å². The fraction of sp³-hybridized carbons (Fsp3) is 0.842. The molecule has 0 saturated heterocycles. The number of aliphatic hydroxyl groups is 1. The lowest BCUT2D eigenvalue weighted by Gasteiger charge is -2.58. The molecule has 0 aromatic carbocycles. The Morgan fingerprint density at radius 2 is 1.95 bits per heavy atom. The van der Waals surface area contributed by atoms with Gasteiger partial charge in [-0.05, 0) is 63.2 Å². The van der Waals surface area contributed by atoms with E-state index in [4.69, 9.17) is 0 Å². The van der Waals surface area contributed by atoms with Crippen LogP contribution in [-0.2, 0) is 4.79 Å². The molecule has 3 saturated carbocycles. The number of aliphatic hydroxyl groups excluding tert-OH is 1. The molecule has 0 spiro atoms. The number of hydrogen-bond acceptors (Lipinski definition) is 2. The second-order valence-corrected chi connectivity index (χ2v) is 8.65. The van der Waals surface area contributed by atoms with E-state index in [0.717, 1.165) is 32.1 Å².